The van der Waals surface area contributed by atoms with E-state index in [9.17, 15) is 14.7 Å². The molecule has 6 rings (SSSR count). The van der Waals surface area contributed by atoms with Crippen molar-refractivity contribution in [3.63, 3.8) is 0 Å². The number of methoxy groups -OCH3 is 2. The largest absolute Gasteiger partial charge is 0.510 e. The Balaban J connectivity index is 1.71. The predicted molar refractivity (Wildman–Crippen MR) is 160 cm³/mol. The summed E-state index contributed by atoms with van der Waals surface area (Å²) in [6, 6.07) is 1.93. The molecule has 1 spiro atoms. The second-order valence-electron chi connectivity index (χ2n) is 14.1. The normalized spacial score (nSPS) is 26.7. The van der Waals surface area contributed by atoms with Gasteiger partial charge in [-0.2, -0.15) is 0 Å². The summed E-state index contributed by atoms with van der Waals surface area (Å²) in [6.45, 7) is 13.8. The fraction of sp³-hybridized carbons (Fsp3) is 0.625. The molecule has 3 heterocycles. The lowest BCUT2D eigenvalue weighted by atomic mass is 9.85. The Kier molecular flexibility index (Phi) is 6.80. The number of ether oxygens (including phenoxy) is 5. The topological polar surface area (TPSA) is 122 Å². The first-order chi connectivity index (χ1) is 20.1. The minimum atomic E-state index is -3.33. The number of carbonyl (C=O) groups is 2. The first-order valence-corrected chi connectivity index (χ1v) is 16.7. The van der Waals surface area contributed by atoms with Crippen LogP contribution in [0.2, 0.25) is 10.1 Å². The number of benzene rings is 2. The molecule has 0 saturated carbocycles. The van der Waals surface area contributed by atoms with E-state index in [1.165, 1.54) is 7.11 Å². The van der Waals surface area contributed by atoms with Crippen LogP contribution in [0.25, 0.3) is 10.8 Å². The van der Waals surface area contributed by atoms with Crippen LogP contribution in [-0.2, 0) is 25.4 Å². The Morgan fingerprint density at radius 3 is 2.21 bits per heavy atom. The second kappa shape index (κ2) is 9.65. The second-order valence-corrected chi connectivity index (χ2v) is 18.7. The van der Waals surface area contributed by atoms with E-state index < -0.39 is 42.7 Å². The minimum Gasteiger partial charge on any atom is -0.510 e. The third-order valence-corrected chi connectivity index (χ3v) is 14.4. The highest BCUT2D eigenvalue weighted by Gasteiger charge is 2.77. The maximum absolute atomic E-state index is 13.7. The van der Waals surface area contributed by atoms with E-state index >= 15 is 0 Å². The van der Waals surface area contributed by atoms with Crippen molar-refractivity contribution in [1.29, 1.82) is 0 Å². The van der Waals surface area contributed by atoms with Gasteiger partial charge in [-0.3, -0.25) is 9.59 Å². The highest BCUT2D eigenvalue weighted by molar-refractivity contribution is 6.75. The Hall–Kier alpha value is -2.70. The summed E-state index contributed by atoms with van der Waals surface area (Å²) in [5.74, 6) is -0.227. The van der Waals surface area contributed by atoms with E-state index in [-0.39, 0.29) is 24.8 Å². The van der Waals surface area contributed by atoms with E-state index in [2.05, 4.69) is 41.5 Å². The van der Waals surface area contributed by atoms with Gasteiger partial charge in [-0.05, 0) is 31.4 Å². The van der Waals surface area contributed by atoms with Gasteiger partial charge in [-0.25, -0.2) is 0 Å². The SMILES string of the molecule is COc1c2c(c3c4c(c(OC5(C(CO)OC)OCC(=O)C56CO6)c(C)cc14)O[Si](C(C)(C)C)(C(C)(C)C)O3)C(=O)CCC2. The molecule has 11 heteroatoms. The number of aryl methyl sites for hydroxylation is 1. The Labute approximate surface area is 253 Å². The number of hydrogen-bond donors (Lipinski definition) is 1. The molecule has 2 saturated heterocycles. The Morgan fingerprint density at radius 2 is 1.65 bits per heavy atom. The van der Waals surface area contributed by atoms with Crippen LogP contribution in [-0.4, -0.2) is 76.8 Å². The Bertz CT molecular complexity index is 1510. The number of carbonyl (C=O) groups excluding carboxylic acids is 2. The van der Waals surface area contributed by atoms with E-state index in [1.807, 2.05) is 13.0 Å². The highest BCUT2D eigenvalue weighted by atomic mass is 28.4. The monoisotopic (exact) mass is 614 g/mol. The van der Waals surface area contributed by atoms with Crippen LogP contribution in [0.1, 0.15) is 75.9 Å². The summed E-state index contributed by atoms with van der Waals surface area (Å²) in [6.07, 6.45) is 0.783. The molecule has 1 aliphatic carbocycles. The van der Waals surface area contributed by atoms with E-state index in [4.69, 9.17) is 32.5 Å². The van der Waals surface area contributed by atoms with Gasteiger partial charge in [-0.15, -0.1) is 0 Å². The van der Waals surface area contributed by atoms with Crippen LogP contribution < -0.4 is 18.3 Å². The molecule has 3 unspecified atom stereocenters. The summed E-state index contributed by atoms with van der Waals surface area (Å²) in [5.41, 5.74) is 0.644. The van der Waals surface area contributed by atoms with Gasteiger partial charge in [0.2, 0.25) is 5.60 Å². The highest BCUT2D eigenvalue weighted by Crippen LogP contribution is 2.62. The van der Waals surface area contributed by atoms with Crippen molar-refractivity contribution in [2.24, 2.45) is 0 Å². The maximum Gasteiger partial charge on any atom is 0.471 e. The van der Waals surface area contributed by atoms with Crippen molar-refractivity contribution in [3.05, 3.63) is 22.8 Å². The van der Waals surface area contributed by atoms with Crippen molar-refractivity contribution >= 4 is 30.9 Å². The number of fused-ring (bicyclic) bond motifs is 2. The molecule has 1 N–H and O–H groups in total. The molecule has 0 amide bonds. The smallest absolute Gasteiger partial charge is 0.471 e. The molecule has 4 aliphatic rings. The van der Waals surface area contributed by atoms with Crippen LogP contribution in [0.15, 0.2) is 6.07 Å². The molecule has 234 valence electrons. The quantitative estimate of drug-likeness (QED) is 0.354. The zero-order valence-electron chi connectivity index (χ0n) is 26.5. The van der Waals surface area contributed by atoms with Gasteiger partial charge in [0.05, 0.1) is 31.3 Å². The van der Waals surface area contributed by atoms with Gasteiger partial charge < -0.3 is 37.6 Å². The summed E-state index contributed by atoms with van der Waals surface area (Å²) >= 11 is 0. The molecular formula is C32H42O10Si. The lowest BCUT2D eigenvalue weighted by Crippen LogP contribution is -2.64. The number of hydrogen-bond acceptors (Lipinski definition) is 10. The molecule has 2 aromatic carbocycles. The van der Waals surface area contributed by atoms with Gasteiger partial charge in [0.25, 0.3) is 5.79 Å². The third-order valence-electron chi connectivity index (χ3n) is 9.47. The van der Waals surface area contributed by atoms with Gasteiger partial charge in [0, 0.05) is 34.6 Å². The number of rotatable bonds is 6. The van der Waals surface area contributed by atoms with Gasteiger partial charge >= 0.3 is 8.56 Å². The molecular weight excluding hydrogens is 572 g/mol. The molecule has 0 aromatic heterocycles. The van der Waals surface area contributed by atoms with Gasteiger partial charge in [0.1, 0.15) is 24.2 Å². The minimum absolute atomic E-state index is 0.00400. The molecule has 3 aliphatic heterocycles. The zero-order chi connectivity index (χ0) is 31.3. The van der Waals surface area contributed by atoms with Crippen LogP contribution in [0.5, 0.6) is 23.0 Å². The van der Waals surface area contributed by atoms with E-state index in [0.717, 1.165) is 17.4 Å². The maximum atomic E-state index is 13.7. The van der Waals surface area contributed by atoms with Crippen LogP contribution in [0.3, 0.4) is 0 Å². The molecule has 43 heavy (non-hydrogen) atoms. The lowest BCUT2D eigenvalue weighted by Gasteiger charge is -2.51. The average molecular weight is 615 g/mol. The summed E-state index contributed by atoms with van der Waals surface area (Å²) in [7, 11) is -0.302. The van der Waals surface area contributed by atoms with E-state index in [0.29, 0.717) is 52.4 Å². The number of aliphatic hydroxyl groups excluding tert-OH is 1. The summed E-state index contributed by atoms with van der Waals surface area (Å²) in [5, 5.41) is 10.8. The molecule has 3 atom stereocenters. The van der Waals surface area contributed by atoms with E-state index in [1.54, 1.807) is 7.11 Å². The van der Waals surface area contributed by atoms with Crippen molar-refractivity contribution in [1.82, 2.24) is 0 Å². The molecule has 10 nitrogen and oxygen atoms in total. The first-order valence-electron chi connectivity index (χ1n) is 14.9. The van der Waals surface area contributed by atoms with Crippen molar-refractivity contribution in [2.45, 2.75) is 95.3 Å². The first kappa shape index (κ1) is 30.3. The van der Waals surface area contributed by atoms with Crippen molar-refractivity contribution in [2.75, 3.05) is 34.0 Å². The molecule has 2 aromatic rings. The third kappa shape index (κ3) is 3.91. The standard InChI is InChI=1S/C32H42O10Si/c1-17-13-19-24-27(23-18(26(19)37-9)11-10-12-20(23)34)41-43(29(2,3)4,30(5,6)7)42-28(24)25(17)40-32(22(14-33)36-8)31(16-39-31)21(35)15-38-32/h13,22,33H,10-12,14-16H2,1-9H3. The number of ketones is 2. The Morgan fingerprint density at radius 1 is 1.00 bits per heavy atom. The summed E-state index contributed by atoms with van der Waals surface area (Å²) in [4.78, 5) is 26.8. The van der Waals surface area contributed by atoms with Crippen LogP contribution >= 0.6 is 0 Å². The molecule has 0 radical (unpaired) electrons. The number of Topliss-reactive ketones (excluding diaryl/α,β-unsaturated/α-hetero) is 2. The zero-order valence-corrected chi connectivity index (χ0v) is 27.5. The molecule has 2 fully saturated rings. The van der Waals surface area contributed by atoms with Gasteiger partial charge in [0.15, 0.2) is 23.1 Å². The fourth-order valence-corrected chi connectivity index (χ4v) is 12.0. The van der Waals surface area contributed by atoms with Crippen LogP contribution in [0, 0.1) is 6.92 Å². The predicted octanol–water partition coefficient (Wildman–Crippen LogP) is 4.94. The molecule has 0 bridgehead atoms. The average Bonchev–Trinajstić information content (AvgIpc) is 3.70. The fourth-order valence-electron chi connectivity index (χ4n) is 7.47. The van der Waals surface area contributed by atoms with Gasteiger partial charge in [-0.1, -0.05) is 41.5 Å². The lowest BCUT2D eigenvalue weighted by molar-refractivity contribution is -0.250. The summed E-state index contributed by atoms with van der Waals surface area (Å²) < 4.78 is 44.7. The van der Waals surface area contributed by atoms with Crippen molar-refractivity contribution < 1.29 is 47.2 Å². The van der Waals surface area contributed by atoms with Crippen molar-refractivity contribution in [3.8, 4) is 23.0 Å². The number of aliphatic hydroxyl groups is 1. The van der Waals surface area contributed by atoms with Crippen LogP contribution in [0.4, 0.5) is 0 Å². The number of epoxide rings is 1.